The number of benzene rings is 1. The second-order valence-electron chi connectivity index (χ2n) is 2.80. The monoisotopic (exact) mass is 143 g/mol. The number of allylic oxidation sites excluding steroid dienone is 2. The lowest BCUT2D eigenvalue weighted by Gasteiger charge is -2.00. The molecule has 1 aromatic rings. The Bertz CT molecular complexity index is 295. The van der Waals surface area contributed by atoms with Gasteiger partial charge in [-0.2, -0.15) is 0 Å². The fourth-order valence-electron chi connectivity index (χ4n) is 1.52. The Morgan fingerprint density at radius 2 is 2.00 bits per heavy atom. The summed E-state index contributed by atoms with van der Waals surface area (Å²) < 4.78 is 0. The highest BCUT2D eigenvalue weighted by molar-refractivity contribution is 5.76. The summed E-state index contributed by atoms with van der Waals surface area (Å²) in [5.74, 6) is 0. The van der Waals surface area contributed by atoms with Gasteiger partial charge >= 0.3 is 0 Å². The van der Waals surface area contributed by atoms with E-state index < -0.39 is 0 Å². The van der Waals surface area contributed by atoms with Crippen molar-refractivity contribution < 1.29 is 0 Å². The molecule has 0 saturated heterocycles. The first-order chi connectivity index (χ1) is 5.42. The maximum atomic E-state index is 2.21. The lowest BCUT2D eigenvalue weighted by atomic mass is 10.0. The van der Waals surface area contributed by atoms with Gasteiger partial charge in [0.1, 0.15) is 0 Å². The van der Waals surface area contributed by atoms with Crippen LogP contribution in [-0.2, 0) is 0 Å². The van der Waals surface area contributed by atoms with Crippen molar-refractivity contribution in [1.29, 1.82) is 0 Å². The van der Waals surface area contributed by atoms with Crippen molar-refractivity contribution in [3.8, 4) is 0 Å². The minimum atomic E-state index is 1.13. The second-order valence-corrected chi connectivity index (χ2v) is 2.80. The lowest BCUT2D eigenvalue weighted by molar-refractivity contribution is 1.25. The molecule has 0 nitrogen and oxygen atoms in total. The molecule has 1 aromatic carbocycles. The van der Waals surface area contributed by atoms with Crippen LogP contribution in [0.5, 0.6) is 0 Å². The van der Waals surface area contributed by atoms with Crippen LogP contribution in [0.25, 0.3) is 5.57 Å². The Balaban J connectivity index is 2.48. The standard InChI is InChI=1S/C11H11/c1-2-9-7-8-10-5-3-4-6-11(9)10/h3-8H,2H2,1H3. The van der Waals surface area contributed by atoms with Crippen molar-refractivity contribution >= 4 is 5.57 Å². The van der Waals surface area contributed by atoms with E-state index >= 15 is 0 Å². The third kappa shape index (κ3) is 0.988. The number of hydrogen-bond acceptors (Lipinski definition) is 0. The first-order valence-electron chi connectivity index (χ1n) is 4.05. The molecule has 0 bridgehead atoms. The highest BCUT2D eigenvalue weighted by Crippen LogP contribution is 2.29. The van der Waals surface area contributed by atoms with Gasteiger partial charge in [-0.3, -0.25) is 0 Å². The van der Waals surface area contributed by atoms with Gasteiger partial charge in [-0.15, -0.1) is 0 Å². The summed E-state index contributed by atoms with van der Waals surface area (Å²) in [5.41, 5.74) is 4.24. The van der Waals surface area contributed by atoms with Crippen LogP contribution in [-0.4, -0.2) is 0 Å². The van der Waals surface area contributed by atoms with Crippen LogP contribution in [0, 0.1) is 6.42 Å². The van der Waals surface area contributed by atoms with Gasteiger partial charge in [0.05, 0.1) is 0 Å². The molecule has 1 aliphatic carbocycles. The van der Waals surface area contributed by atoms with E-state index in [-0.39, 0.29) is 0 Å². The van der Waals surface area contributed by atoms with E-state index in [1.54, 1.807) is 0 Å². The fourth-order valence-corrected chi connectivity index (χ4v) is 1.52. The topological polar surface area (TPSA) is 0 Å². The molecule has 0 spiro atoms. The lowest BCUT2D eigenvalue weighted by Crippen LogP contribution is -1.80. The van der Waals surface area contributed by atoms with Crippen LogP contribution in [0.4, 0.5) is 0 Å². The molecule has 1 radical (unpaired) electrons. The van der Waals surface area contributed by atoms with Gasteiger partial charge in [0, 0.05) is 6.42 Å². The summed E-state index contributed by atoms with van der Waals surface area (Å²) >= 11 is 0. The van der Waals surface area contributed by atoms with Gasteiger partial charge in [-0.05, 0) is 23.1 Å². The molecule has 0 unspecified atom stereocenters. The van der Waals surface area contributed by atoms with E-state index in [1.807, 2.05) is 0 Å². The minimum absolute atomic E-state index is 1.13. The number of fused-ring (bicyclic) bond motifs is 1. The molecule has 0 aliphatic heterocycles. The quantitative estimate of drug-likeness (QED) is 0.566. The van der Waals surface area contributed by atoms with E-state index in [2.05, 4.69) is 43.7 Å². The SMILES string of the molecule is CCC1=C[CH]c2ccccc21. The number of rotatable bonds is 1. The van der Waals surface area contributed by atoms with Crippen molar-refractivity contribution in [1.82, 2.24) is 0 Å². The van der Waals surface area contributed by atoms with Crippen LogP contribution in [0.2, 0.25) is 0 Å². The third-order valence-electron chi connectivity index (χ3n) is 2.15. The molecule has 0 heterocycles. The van der Waals surface area contributed by atoms with Gasteiger partial charge in [0.25, 0.3) is 0 Å². The smallest absolute Gasteiger partial charge is 0.0134 e. The van der Waals surface area contributed by atoms with Crippen LogP contribution < -0.4 is 0 Å². The van der Waals surface area contributed by atoms with E-state index in [1.165, 1.54) is 16.7 Å². The molecule has 0 amide bonds. The fraction of sp³-hybridized carbons (Fsp3) is 0.182. The molecular formula is C11H11. The van der Waals surface area contributed by atoms with Crippen LogP contribution in [0.15, 0.2) is 30.3 Å². The predicted molar refractivity (Wildman–Crippen MR) is 48.1 cm³/mol. The molecule has 2 rings (SSSR count). The third-order valence-corrected chi connectivity index (χ3v) is 2.15. The van der Waals surface area contributed by atoms with Crippen LogP contribution >= 0.6 is 0 Å². The van der Waals surface area contributed by atoms with Crippen molar-refractivity contribution in [3.63, 3.8) is 0 Å². The van der Waals surface area contributed by atoms with E-state index in [4.69, 9.17) is 0 Å². The van der Waals surface area contributed by atoms with Crippen molar-refractivity contribution in [2.45, 2.75) is 13.3 Å². The summed E-state index contributed by atoms with van der Waals surface area (Å²) in [6, 6.07) is 8.53. The Morgan fingerprint density at radius 1 is 1.18 bits per heavy atom. The first kappa shape index (κ1) is 6.66. The van der Waals surface area contributed by atoms with Gasteiger partial charge in [0.15, 0.2) is 0 Å². The van der Waals surface area contributed by atoms with Crippen molar-refractivity contribution in [3.05, 3.63) is 47.9 Å². The average Bonchev–Trinajstić information content (AvgIpc) is 2.47. The molecule has 0 saturated carbocycles. The van der Waals surface area contributed by atoms with Gasteiger partial charge < -0.3 is 0 Å². The van der Waals surface area contributed by atoms with E-state index in [0.29, 0.717) is 0 Å². The first-order valence-corrected chi connectivity index (χ1v) is 4.05. The molecule has 55 valence electrons. The molecular weight excluding hydrogens is 132 g/mol. The van der Waals surface area contributed by atoms with Gasteiger partial charge in [-0.1, -0.05) is 37.3 Å². The minimum Gasteiger partial charge on any atom is -0.0722 e. The summed E-state index contributed by atoms with van der Waals surface area (Å²) in [6.07, 6.45) is 5.53. The predicted octanol–water partition coefficient (Wildman–Crippen LogP) is 3.05. The zero-order valence-corrected chi connectivity index (χ0v) is 6.67. The average molecular weight is 143 g/mol. The largest absolute Gasteiger partial charge is 0.0722 e. The molecule has 1 aliphatic rings. The zero-order chi connectivity index (χ0) is 7.68. The Kier molecular flexibility index (Phi) is 1.54. The van der Waals surface area contributed by atoms with Crippen LogP contribution in [0.1, 0.15) is 24.5 Å². The molecule has 0 N–H and O–H groups in total. The highest BCUT2D eigenvalue weighted by Gasteiger charge is 2.10. The Labute approximate surface area is 67.6 Å². The molecule has 0 heteroatoms. The Hall–Kier alpha value is -1.04. The van der Waals surface area contributed by atoms with E-state index in [9.17, 15) is 0 Å². The molecule has 0 atom stereocenters. The molecule has 11 heavy (non-hydrogen) atoms. The maximum Gasteiger partial charge on any atom is 0.0134 e. The molecule has 0 aromatic heterocycles. The van der Waals surface area contributed by atoms with E-state index in [0.717, 1.165) is 6.42 Å². The van der Waals surface area contributed by atoms with Crippen molar-refractivity contribution in [2.75, 3.05) is 0 Å². The number of hydrogen-bond donors (Lipinski definition) is 0. The van der Waals surface area contributed by atoms with Gasteiger partial charge in [-0.25, -0.2) is 0 Å². The van der Waals surface area contributed by atoms with Crippen molar-refractivity contribution in [2.24, 2.45) is 0 Å². The summed E-state index contributed by atoms with van der Waals surface area (Å²) in [7, 11) is 0. The highest BCUT2D eigenvalue weighted by atomic mass is 14.1. The Morgan fingerprint density at radius 3 is 2.82 bits per heavy atom. The maximum absolute atomic E-state index is 2.21. The summed E-state index contributed by atoms with van der Waals surface area (Å²) in [5, 5.41) is 0. The summed E-state index contributed by atoms with van der Waals surface area (Å²) in [4.78, 5) is 0. The molecule has 0 fully saturated rings. The summed E-state index contributed by atoms with van der Waals surface area (Å²) in [6.45, 7) is 2.20. The van der Waals surface area contributed by atoms with Gasteiger partial charge in [0.2, 0.25) is 0 Å². The van der Waals surface area contributed by atoms with Crippen LogP contribution in [0.3, 0.4) is 0 Å². The zero-order valence-electron chi connectivity index (χ0n) is 6.67. The second kappa shape index (κ2) is 2.54. The normalized spacial score (nSPS) is 14.5.